The zero-order valence-electron chi connectivity index (χ0n) is 15.6. The number of rotatable bonds is 6. The molecule has 1 aromatic rings. The minimum Gasteiger partial charge on any atom is -0.497 e. The van der Waals surface area contributed by atoms with Crippen molar-refractivity contribution in [3.8, 4) is 11.5 Å². The van der Waals surface area contributed by atoms with Crippen molar-refractivity contribution >= 4 is 0 Å². The van der Waals surface area contributed by atoms with E-state index in [-0.39, 0.29) is 6.61 Å². The summed E-state index contributed by atoms with van der Waals surface area (Å²) < 4.78 is 26.7. The number of aliphatic hydroxyl groups is 6. The summed E-state index contributed by atoms with van der Waals surface area (Å²) in [6.45, 7) is -0.868. The Morgan fingerprint density at radius 2 is 1.55 bits per heavy atom. The van der Waals surface area contributed by atoms with Gasteiger partial charge in [-0.25, -0.2) is 0 Å². The van der Waals surface area contributed by atoms with Crippen LogP contribution in [0.2, 0.25) is 0 Å². The summed E-state index contributed by atoms with van der Waals surface area (Å²) in [6.07, 6.45) is -12.8. The smallest absolute Gasteiger partial charge is 0.228 e. The van der Waals surface area contributed by atoms with Crippen LogP contribution in [-0.2, 0) is 14.2 Å². The standard InChI is InChI=1S/C18H26O11/c1-25-8-2-4-9(5-3-8)27-17-15(24)16(10(20)7-26-17)29-18-14(23)13(22)12(21)11(6-19)28-18/h2-5,10-24H,6-7H2,1H3/t10-,11+,12+,13-,14+,15-,16-,17-,18+/m0/s1. The van der Waals surface area contributed by atoms with Gasteiger partial charge >= 0.3 is 0 Å². The number of ether oxygens (including phenoxy) is 5. The van der Waals surface area contributed by atoms with Crippen molar-refractivity contribution < 1.29 is 54.3 Å². The summed E-state index contributed by atoms with van der Waals surface area (Å²) in [7, 11) is 1.52. The van der Waals surface area contributed by atoms with Crippen LogP contribution in [-0.4, -0.2) is 106 Å². The van der Waals surface area contributed by atoms with Crippen LogP contribution in [0, 0.1) is 0 Å². The van der Waals surface area contributed by atoms with Crippen molar-refractivity contribution in [2.75, 3.05) is 20.3 Å². The fourth-order valence-corrected chi connectivity index (χ4v) is 3.17. The third-order valence-electron chi connectivity index (χ3n) is 4.88. The topological polar surface area (TPSA) is 168 Å². The molecule has 3 rings (SSSR count). The maximum Gasteiger partial charge on any atom is 0.228 e. The molecule has 2 fully saturated rings. The molecule has 11 heteroatoms. The van der Waals surface area contributed by atoms with Crippen LogP contribution in [0.3, 0.4) is 0 Å². The van der Waals surface area contributed by atoms with Gasteiger partial charge < -0.3 is 54.3 Å². The summed E-state index contributed by atoms with van der Waals surface area (Å²) in [6, 6.07) is 6.52. The highest BCUT2D eigenvalue weighted by molar-refractivity contribution is 5.31. The molecule has 0 amide bonds. The van der Waals surface area contributed by atoms with Gasteiger partial charge in [-0.1, -0.05) is 0 Å². The average Bonchev–Trinajstić information content (AvgIpc) is 2.73. The molecule has 1 aromatic carbocycles. The van der Waals surface area contributed by atoms with Crippen LogP contribution in [0.1, 0.15) is 0 Å². The Labute approximate surface area is 166 Å². The lowest BCUT2D eigenvalue weighted by Crippen LogP contribution is -2.63. The van der Waals surface area contributed by atoms with Crippen LogP contribution < -0.4 is 9.47 Å². The van der Waals surface area contributed by atoms with E-state index in [0.717, 1.165) is 0 Å². The Morgan fingerprint density at radius 1 is 0.897 bits per heavy atom. The molecule has 0 aliphatic carbocycles. The van der Waals surface area contributed by atoms with E-state index in [0.29, 0.717) is 11.5 Å². The van der Waals surface area contributed by atoms with Gasteiger partial charge in [-0.05, 0) is 24.3 Å². The second-order valence-electron chi connectivity index (χ2n) is 6.85. The van der Waals surface area contributed by atoms with E-state index in [2.05, 4.69) is 0 Å². The zero-order chi connectivity index (χ0) is 21.1. The Morgan fingerprint density at radius 3 is 2.17 bits per heavy atom. The second kappa shape index (κ2) is 9.51. The van der Waals surface area contributed by atoms with Crippen LogP contribution in [0.25, 0.3) is 0 Å². The minimum atomic E-state index is -1.67. The van der Waals surface area contributed by atoms with Gasteiger partial charge in [0.25, 0.3) is 0 Å². The highest BCUT2D eigenvalue weighted by Gasteiger charge is 2.48. The lowest BCUT2D eigenvalue weighted by molar-refractivity contribution is -0.343. The van der Waals surface area contributed by atoms with Gasteiger partial charge in [0, 0.05) is 0 Å². The first-order chi connectivity index (χ1) is 13.8. The van der Waals surface area contributed by atoms with Crippen LogP contribution in [0.15, 0.2) is 24.3 Å². The number of hydrogen-bond donors (Lipinski definition) is 6. The van der Waals surface area contributed by atoms with Gasteiger partial charge in [-0.3, -0.25) is 0 Å². The Kier molecular flexibility index (Phi) is 7.27. The van der Waals surface area contributed by atoms with Crippen molar-refractivity contribution in [3.63, 3.8) is 0 Å². The van der Waals surface area contributed by atoms with E-state index in [4.69, 9.17) is 23.7 Å². The van der Waals surface area contributed by atoms with Crippen LogP contribution in [0.5, 0.6) is 11.5 Å². The maximum absolute atomic E-state index is 10.6. The molecule has 0 radical (unpaired) electrons. The van der Waals surface area contributed by atoms with Gasteiger partial charge in [0.1, 0.15) is 54.2 Å². The van der Waals surface area contributed by atoms with Crippen LogP contribution in [0.4, 0.5) is 0 Å². The zero-order valence-corrected chi connectivity index (χ0v) is 15.6. The van der Waals surface area contributed by atoms with E-state index in [1.807, 2.05) is 0 Å². The fraction of sp³-hybridized carbons (Fsp3) is 0.667. The van der Waals surface area contributed by atoms with Gasteiger partial charge in [0.15, 0.2) is 6.29 Å². The third-order valence-corrected chi connectivity index (χ3v) is 4.88. The Hall–Kier alpha value is -1.54. The largest absolute Gasteiger partial charge is 0.497 e. The van der Waals surface area contributed by atoms with E-state index in [9.17, 15) is 30.6 Å². The molecule has 0 unspecified atom stereocenters. The predicted molar refractivity (Wildman–Crippen MR) is 94.0 cm³/mol. The minimum absolute atomic E-state index is 0.236. The third kappa shape index (κ3) is 4.79. The maximum atomic E-state index is 10.6. The monoisotopic (exact) mass is 418 g/mol. The first-order valence-electron chi connectivity index (χ1n) is 9.10. The summed E-state index contributed by atoms with van der Waals surface area (Å²) in [5.74, 6) is 0.986. The Balaban J connectivity index is 1.67. The van der Waals surface area contributed by atoms with Crippen molar-refractivity contribution in [1.29, 1.82) is 0 Å². The lowest BCUT2D eigenvalue weighted by Gasteiger charge is -2.44. The van der Waals surface area contributed by atoms with Gasteiger partial charge in [-0.15, -0.1) is 0 Å². The van der Waals surface area contributed by atoms with Crippen molar-refractivity contribution in [2.24, 2.45) is 0 Å². The number of benzene rings is 1. The SMILES string of the molecule is COc1ccc(O[C@@H]2OC[C@H](O)[C@H](O[C@H]3O[C@H](CO)[C@@H](O)[C@H](O)[C@H]3O)[C@@H]2O)cc1. The lowest BCUT2D eigenvalue weighted by atomic mass is 9.98. The number of aliphatic hydroxyl groups excluding tert-OH is 6. The number of hydrogen-bond acceptors (Lipinski definition) is 11. The first-order valence-corrected chi connectivity index (χ1v) is 9.10. The molecule has 2 aliphatic heterocycles. The van der Waals surface area contributed by atoms with Gasteiger partial charge in [0.2, 0.25) is 6.29 Å². The molecule has 2 saturated heterocycles. The molecule has 0 bridgehead atoms. The Bertz CT molecular complexity index is 639. The van der Waals surface area contributed by atoms with Crippen molar-refractivity contribution in [2.45, 2.75) is 55.3 Å². The normalized spacial score (nSPS) is 40.4. The van der Waals surface area contributed by atoms with E-state index >= 15 is 0 Å². The van der Waals surface area contributed by atoms with Crippen molar-refractivity contribution in [3.05, 3.63) is 24.3 Å². The van der Waals surface area contributed by atoms with E-state index in [1.165, 1.54) is 7.11 Å². The molecule has 9 atom stereocenters. The van der Waals surface area contributed by atoms with Crippen molar-refractivity contribution in [1.82, 2.24) is 0 Å². The molecule has 2 aliphatic rings. The molecular weight excluding hydrogens is 392 g/mol. The summed E-state index contributed by atoms with van der Waals surface area (Å²) >= 11 is 0. The molecular formula is C18H26O11. The van der Waals surface area contributed by atoms with Gasteiger partial charge in [0.05, 0.1) is 20.3 Å². The fourth-order valence-electron chi connectivity index (χ4n) is 3.17. The highest BCUT2D eigenvalue weighted by atomic mass is 16.7. The van der Waals surface area contributed by atoms with Gasteiger partial charge in [-0.2, -0.15) is 0 Å². The molecule has 164 valence electrons. The molecule has 6 N–H and O–H groups in total. The molecule has 0 spiro atoms. The molecule has 11 nitrogen and oxygen atoms in total. The summed E-state index contributed by atoms with van der Waals surface area (Å²) in [5, 5.41) is 59.8. The highest BCUT2D eigenvalue weighted by Crippen LogP contribution is 2.28. The molecule has 29 heavy (non-hydrogen) atoms. The molecule has 0 saturated carbocycles. The molecule has 0 aromatic heterocycles. The number of methoxy groups -OCH3 is 1. The van der Waals surface area contributed by atoms with E-state index in [1.54, 1.807) is 24.3 Å². The van der Waals surface area contributed by atoms with E-state index < -0.39 is 61.9 Å². The second-order valence-corrected chi connectivity index (χ2v) is 6.85. The summed E-state index contributed by atoms with van der Waals surface area (Å²) in [5.41, 5.74) is 0. The summed E-state index contributed by atoms with van der Waals surface area (Å²) in [4.78, 5) is 0. The predicted octanol–water partition coefficient (Wildman–Crippen LogP) is -2.66. The molecule has 2 heterocycles. The quantitative estimate of drug-likeness (QED) is 0.285. The van der Waals surface area contributed by atoms with Crippen LogP contribution >= 0.6 is 0 Å². The average molecular weight is 418 g/mol. The first kappa shape index (κ1) is 22.2.